The van der Waals surface area contributed by atoms with Gasteiger partial charge in [-0.15, -0.1) is 0 Å². The lowest BCUT2D eigenvalue weighted by molar-refractivity contribution is 0.289. The molecule has 0 saturated heterocycles. The Morgan fingerprint density at radius 3 is 2.00 bits per heavy atom. The van der Waals surface area contributed by atoms with Crippen molar-refractivity contribution in [2.75, 3.05) is 6.61 Å². The summed E-state index contributed by atoms with van der Waals surface area (Å²) in [4.78, 5) is 0. The second-order valence-electron chi connectivity index (χ2n) is 3.56. The van der Waals surface area contributed by atoms with Crippen molar-refractivity contribution in [2.45, 2.75) is 39.0 Å². The van der Waals surface area contributed by atoms with Gasteiger partial charge in [0.25, 0.3) is 0 Å². The third kappa shape index (κ3) is 12.9. The van der Waals surface area contributed by atoms with Gasteiger partial charge in [-0.05, 0) is 32.1 Å². The molecular formula is C15H24O. The van der Waals surface area contributed by atoms with E-state index in [9.17, 15) is 0 Å². The molecular weight excluding hydrogens is 196 g/mol. The van der Waals surface area contributed by atoms with Crippen molar-refractivity contribution in [3.05, 3.63) is 48.6 Å². The molecule has 0 rings (SSSR count). The van der Waals surface area contributed by atoms with Crippen LogP contribution in [0.5, 0.6) is 0 Å². The van der Waals surface area contributed by atoms with E-state index in [1.165, 1.54) is 0 Å². The minimum absolute atomic E-state index is 0.277. The molecule has 0 saturated carbocycles. The molecule has 0 atom stereocenters. The highest BCUT2D eigenvalue weighted by Gasteiger charge is 1.76. The lowest BCUT2D eigenvalue weighted by atomic mass is 10.2. The molecule has 1 nitrogen and oxygen atoms in total. The van der Waals surface area contributed by atoms with E-state index in [0.717, 1.165) is 32.1 Å². The van der Waals surface area contributed by atoms with E-state index < -0.39 is 0 Å². The van der Waals surface area contributed by atoms with Gasteiger partial charge in [-0.25, -0.2) is 0 Å². The van der Waals surface area contributed by atoms with Gasteiger partial charge in [0.1, 0.15) is 0 Å². The van der Waals surface area contributed by atoms with Crippen LogP contribution in [0.25, 0.3) is 0 Å². The van der Waals surface area contributed by atoms with Crippen molar-refractivity contribution in [1.82, 2.24) is 0 Å². The molecule has 0 bridgehead atoms. The number of hydrogen-bond donors (Lipinski definition) is 1. The first-order valence-electron chi connectivity index (χ1n) is 6.16. The summed E-state index contributed by atoms with van der Waals surface area (Å²) < 4.78 is 0. The van der Waals surface area contributed by atoms with E-state index in [1.807, 2.05) is 18.2 Å². The SMILES string of the molecule is CC/C=C\CC/C=C/C=C/C=C/CCCO. The zero-order valence-electron chi connectivity index (χ0n) is 10.3. The minimum Gasteiger partial charge on any atom is -0.396 e. The normalized spacial score (nSPS) is 12.9. The molecule has 1 N–H and O–H groups in total. The van der Waals surface area contributed by atoms with Crippen LogP contribution in [-0.4, -0.2) is 11.7 Å². The van der Waals surface area contributed by atoms with Gasteiger partial charge in [-0.2, -0.15) is 0 Å². The third-order valence-electron chi connectivity index (χ3n) is 2.04. The summed E-state index contributed by atoms with van der Waals surface area (Å²) in [5.74, 6) is 0. The number of aliphatic hydroxyl groups is 1. The van der Waals surface area contributed by atoms with Gasteiger partial charge in [-0.1, -0.05) is 55.5 Å². The Hall–Kier alpha value is -1.08. The van der Waals surface area contributed by atoms with E-state index in [2.05, 4.69) is 37.3 Å². The van der Waals surface area contributed by atoms with Crippen molar-refractivity contribution >= 4 is 0 Å². The number of hydrogen-bond acceptors (Lipinski definition) is 1. The fourth-order valence-corrected chi connectivity index (χ4v) is 1.16. The molecule has 0 aliphatic heterocycles. The molecule has 0 heterocycles. The topological polar surface area (TPSA) is 20.2 Å². The molecule has 0 radical (unpaired) electrons. The maximum Gasteiger partial charge on any atom is 0.0433 e. The van der Waals surface area contributed by atoms with Crippen LogP contribution < -0.4 is 0 Å². The zero-order chi connectivity index (χ0) is 11.9. The number of unbranched alkanes of at least 4 members (excludes halogenated alkanes) is 2. The average Bonchev–Trinajstić information content (AvgIpc) is 2.31. The number of aliphatic hydroxyl groups excluding tert-OH is 1. The van der Waals surface area contributed by atoms with Gasteiger partial charge in [0.05, 0.1) is 0 Å². The second kappa shape index (κ2) is 13.9. The van der Waals surface area contributed by atoms with E-state index in [-0.39, 0.29) is 6.61 Å². The van der Waals surface area contributed by atoms with Crippen LogP contribution >= 0.6 is 0 Å². The quantitative estimate of drug-likeness (QED) is 0.351. The molecule has 0 aliphatic rings. The summed E-state index contributed by atoms with van der Waals surface area (Å²) in [6.45, 7) is 2.43. The number of allylic oxidation sites excluding steroid dienone is 8. The summed E-state index contributed by atoms with van der Waals surface area (Å²) in [5.41, 5.74) is 0. The molecule has 0 aromatic carbocycles. The molecule has 0 aromatic rings. The predicted octanol–water partition coefficient (Wildman–Crippen LogP) is 4.17. The van der Waals surface area contributed by atoms with Gasteiger partial charge in [0, 0.05) is 6.61 Å². The lowest BCUT2D eigenvalue weighted by Gasteiger charge is -1.85. The minimum atomic E-state index is 0.277. The van der Waals surface area contributed by atoms with Crippen LogP contribution in [0.2, 0.25) is 0 Å². The second-order valence-corrected chi connectivity index (χ2v) is 3.56. The van der Waals surface area contributed by atoms with Gasteiger partial charge in [-0.3, -0.25) is 0 Å². The van der Waals surface area contributed by atoms with E-state index in [1.54, 1.807) is 0 Å². The Kier molecular flexibility index (Phi) is 13.0. The van der Waals surface area contributed by atoms with Crippen molar-refractivity contribution in [1.29, 1.82) is 0 Å². The first-order chi connectivity index (χ1) is 7.91. The molecule has 1 heteroatoms. The molecule has 0 fully saturated rings. The van der Waals surface area contributed by atoms with Crippen LogP contribution in [0, 0.1) is 0 Å². The zero-order valence-corrected chi connectivity index (χ0v) is 10.3. The largest absolute Gasteiger partial charge is 0.396 e. The van der Waals surface area contributed by atoms with Crippen molar-refractivity contribution in [3.63, 3.8) is 0 Å². The number of rotatable bonds is 9. The molecule has 90 valence electrons. The van der Waals surface area contributed by atoms with Crippen LogP contribution in [0.3, 0.4) is 0 Å². The monoisotopic (exact) mass is 220 g/mol. The third-order valence-corrected chi connectivity index (χ3v) is 2.04. The summed E-state index contributed by atoms with van der Waals surface area (Å²) >= 11 is 0. The molecule has 0 aliphatic carbocycles. The highest BCUT2D eigenvalue weighted by Crippen LogP contribution is 1.95. The standard InChI is InChI=1S/C15H24O/c1-2-3-4-5-6-7-8-9-10-11-12-13-14-15-16/h3-4,7-12,16H,2,5-6,13-15H2,1H3/b4-3-,8-7+,10-9+,12-11+. The Morgan fingerprint density at radius 1 is 0.750 bits per heavy atom. The Labute approximate surface area is 99.9 Å². The van der Waals surface area contributed by atoms with Gasteiger partial charge in [0.15, 0.2) is 0 Å². The lowest BCUT2D eigenvalue weighted by Crippen LogP contribution is -1.77. The molecule has 0 amide bonds. The first kappa shape index (κ1) is 14.9. The maximum absolute atomic E-state index is 8.56. The van der Waals surface area contributed by atoms with E-state index in [4.69, 9.17) is 5.11 Å². The van der Waals surface area contributed by atoms with Gasteiger partial charge >= 0.3 is 0 Å². The molecule has 16 heavy (non-hydrogen) atoms. The van der Waals surface area contributed by atoms with Gasteiger partial charge < -0.3 is 5.11 Å². The summed E-state index contributed by atoms with van der Waals surface area (Å²) in [5, 5.41) is 8.56. The highest BCUT2D eigenvalue weighted by atomic mass is 16.2. The van der Waals surface area contributed by atoms with Crippen LogP contribution in [0.1, 0.15) is 39.0 Å². The Morgan fingerprint density at radius 2 is 1.38 bits per heavy atom. The summed E-state index contributed by atoms with van der Waals surface area (Å²) in [6.07, 6.45) is 22.0. The molecule has 0 aromatic heterocycles. The molecule has 0 unspecified atom stereocenters. The Balaban J connectivity index is 3.40. The average molecular weight is 220 g/mol. The fourth-order valence-electron chi connectivity index (χ4n) is 1.16. The van der Waals surface area contributed by atoms with Crippen molar-refractivity contribution < 1.29 is 5.11 Å². The van der Waals surface area contributed by atoms with Crippen molar-refractivity contribution in [2.24, 2.45) is 0 Å². The van der Waals surface area contributed by atoms with Crippen LogP contribution in [0.15, 0.2) is 48.6 Å². The van der Waals surface area contributed by atoms with Gasteiger partial charge in [0.2, 0.25) is 0 Å². The predicted molar refractivity (Wildman–Crippen MR) is 72.4 cm³/mol. The smallest absolute Gasteiger partial charge is 0.0433 e. The van der Waals surface area contributed by atoms with Crippen molar-refractivity contribution in [3.8, 4) is 0 Å². The summed E-state index contributed by atoms with van der Waals surface area (Å²) in [7, 11) is 0. The molecule has 0 spiro atoms. The highest BCUT2D eigenvalue weighted by molar-refractivity contribution is 5.11. The Bertz CT molecular complexity index is 234. The fraction of sp³-hybridized carbons (Fsp3) is 0.467. The van der Waals surface area contributed by atoms with Crippen LogP contribution in [-0.2, 0) is 0 Å². The maximum atomic E-state index is 8.56. The first-order valence-corrected chi connectivity index (χ1v) is 6.16. The van der Waals surface area contributed by atoms with E-state index in [0.29, 0.717) is 0 Å². The summed E-state index contributed by atoms with van der Waals surface area (Å²) in [6, 6.07) is 0. The van der Waals surface area contributed by atoms with Crippen LogP contribution in [0.4, 0.5) is 0 Å². The van der Waals surface area contributed by atoms with E-state index >= 15 is 0 Å².